The number of rotatable bonds is 12. The molecule has 0 aliphatic carbocycles. The third-order valence-corrected chi connectivity index (χ3v) is 23.5. The minimum absolute atomic E-state index is 0.0528. The largest absolute Gasteiger partial charge is 0.497 e. The molecule has 0 saturated carbocycles. The number of pyridine rings is 3. The highest BCUT2D eigenvalue weighted by molar-refractivity contribution is 5.98. The Kier molecular flexibility index (Phi) is 22.4. The molecule has 0 atom stereocenters. The first-order valence-electron chi connectivity index (χ1n) is 42.0. The maximum atomic E-state index is 13.6. The minimum atomic E-state index is -0.285. The first kappa shape index (κ1) is 81.5. The fourth-order valence-electron chi connectivity index (χ4n) is 16.6. The van der Waals surface area contributed by atoms with Gasteiger partial charge in [0.15, 0.2) is 82.3 Å². The van der Waals surface area contributed by atoms with Gasteiger partial charge in [-0.2, -0.15) is 15.0 Å². The van der Waals surface area contributed by atoms with Gasteiger partial charge in [0, 0.05) is 177 Å². The number of ether oxygens (including phenoxy) is 6. The van der Waals surface area contributed by atoms with Crippen LogP contribution in [-0.2, 0) is 29.2 Å². The molecule has 648 valence electrons. The topological polar surface area (TPSA) is 352 Å². The Balaban J connectivity index is 0.000000124. The van der Waals surface area contributed by atoms with Gasteiger partial charge in [-0.15, -0.1) is 5.92 Å². The van der Waals surface area contributed by atoms with Crippen LogP contribution in [0.3, 0.4) is 0 Å². The van der Waals surface area contributed by atoms with E-state index in [0.717, 1.165) is 143 Å². The number of likely N-dealkylation sites (N-methyl/N-ethyl adjacent to an activating group) is 3. The molecule has 3 saturated heterocycles. The van der Waals surface area contributed by atoms with Gasteiger partial charge in [0.2, 0.25) is 17.8 Å². The monoisotopic (exact) mass is 1710 g/mol. The summed E-state index contributed by atoms with van der Waals surface area (Å²) in [5, 5.41) is 11.0. The molecule has 0 radical (unpaired) electrons. The van der Waals surface area contributed by atoms with Crippen LogP contribution >= 0.6 is 0 Å². The van der Waals surface area contributed by atoms with E-state index in [1.54, 1.807) is 80.3 Å². The van der Waals surface area contributed by atoms with Crippen LogP contribution in [0, 0.1) is 35.5 Å². The molecule has 2 amide bonds. The standard InChI is InChI=1S/C31H33N9O3.2C29H29N9O4/c1-21-20-43-26-10-11-27-34-29(26)38(21)12-6-4-5-7-13-39-30(41)23-19-32-31(35-28(23)40(27)39)33-22-8-9-25(42-3)24(18-22)37-16-14-36(2)15-17-37;1-34-12-14-35(15-13-34)21-16-19(6-7-22(21)41-2)31-29-30-17-20-26(33-29)38-24-9-8-23-27(32-24)36(25(39)18-42-23)10-4-3-5-11-37(38)28(20)40;1-34-10-12-35(13-11-34)20-14-19(15-21(16-20)41-2)31-29-30-17-22-26(33-29)38-24-7-6-23-27(32-24)36(25(39)18-42-23)8-4-3-5-9-37(38)28(22)40/h8-11,18-19H,1,4,6,12-17,20H2,2-3H3,(H,32,33,35);6-9,16-17H,4,10-15,18H2,1-2H3,(H,30,31,33);6-7,14-17H,4,8-13,18H2,1-2H3,(H,30,31,33). The average Bonchev–Trinajstić information content (AvgIpc) is 1.64. The number of hydrogen-bond donors (Lipinski definition) is 3. The van der Waals surface area contributed by atoms with Gasteiger partial charge in [-0.05, 0) is 106 Å². The third kappa shape index (κ3) is 16.2. The molecule has 18 heterocycles. The zero-order chi connectivity index (χ0) is 87.1. The van der Waals surface area contributed by atoms with Crippen molar-refractivity contribution >= 4 is 114 Å². The second kappa shape index (κ2) is 34.8. The third-order valence-electron chi connectivity index (χ3n) is 23.5. The van der Waals surface area contributed by atoms with Crippen LogP contribution in [0.2, 0.25) is 0 Å². The van der Waals surface area contributed by atoms with E-state index in [1.807, 2.05) is 60.7 Å². The van der Waals surface area contributed by atoms with Gasteiger partial charge >= 0.3 is 0 Å². The number of aromatic nitrogens is 15. The first-order valence-corrected chi connectivity index (χ1v) is 42.0. The normalized spacial score (nSPS) is 16.7. The average molecular weight is 1710 g/mol. The molecule has 9 aliphatic rings. The predicted molar refractivity (Wildman–Crippen MR) is 480 cm³/mol. The molecule has 3 fully saturated rings. The summed E-state index contributed by atoms with van der Waals surface area (Å²) in [6, 6.07) is 28.5. The van der Waals surface area contributed by atoms with Gasteiger partial charge in [-0.3, -0.25) is 33.8 Å². The van der Waals surface area contributed by atoms with Crippen LogP contribution in [0.4, 0.5) is 69.4 Å². The molecular formula is C89H91N27O11. The molecule has 127 heavy (non-hydrogen) atoms. The molecule has 3 aromatic carbocycles. The number of benzene rings is 3. The highest BCUT2D eigenvalue weighted by Crippen LogP contribution is 2.40. The lowest BCUT2D eigenvalue weighted by molar-refractivity contribution is -0.122. The lowest BCUT2D eigenvalue weighted by Crippen LogP contribution is -2.44. The summed E-state index contributed by atoms with van der Waals surface area (Å²) in [5.41, 5.74) is 6.60. The number of carbonyl (C=O) groups excluding carboxylic acids is 2. The maximum absolute atomic E-state index is 13.6. The van der Waals surface area contributed by atoms with Crippen molar-refractivity contribution in [3.63, 3.8) is 0 Å². The Morgan fingerprint density at radius 3 is 1.20 bits per heavy atom. The summed E-state index contributed by atoms with van der Waals surface area (Å²) in [7, 11) is 11.4. The zero-order valence-electron chi connectivity index (χ0n) is 71.0. The van der Waals surface area contributed by atoms with Crippen LogP contribution in [0.25, 0.3) is 50.6 Å². The highest BCUT2D eigenvalue weighted by atomic mass is 16.5. The summed E-state index contributed by atoms with van der Waals surface area (Å²) in [6.45, 7) is 17.7. The Bertz CT molecular complexity index is 6770. The van der Waals surface area contributed by atoms with Crippen LogP contribution in [-0.4, -0.2) is 260 Å². The summed E-state index contributed by atoms with van der Waals surface area (Å²) in [4.78, 5) is 127. The van der Waals surface area contributed by atoms with E-state index in [1.165, 1.54) is 21.8 Å². The summed E-state index contributed by atoms with van der Waals surface area (Å²) < 4.78 is 43.6. The highest BCUT2D eigenvalue weighted by Gasteiger charge is 2.34. The van der Waals surface area contributed by atoms with E-state index in [-0.39, 0.29) is 61.3 Å². The molecule has 38 nitrogen and oxygen atoms in total. The smallest absolute Gasteiger partial charge is 0.279 e. The molecule has 0 unspecified atom stereocenters. The van der Waals surface area contributed by atoms with Crippen molar-refractivity contribution in [2.24, 2.45) is 0 Å². The van der Waals surface area contributed by atoms with Crippen molar-refractivity contribution < 1.29 is 38.0 Å². The number of amides is 2. The lowest BCUT2D eigenvalue weighted by Gasteiger charge is -2.34. The number of methoxy groups -OCH3 is 3. The second-order valence-corrected chi connectivity index (χ2v) is 31.6. The summed E-state index contributed by atoms with van der Waals surface area (Å²) in [6.07, 6.45) is 7.01. The second-order valence-electron chi connectivity index (χ2n) is 31.6. The molecule has 6 bridgehead atoms. The number of hydrogen-bond acceptors (Lipinski definition) is 30. The number of fused-ring (bicyclic) bond motifs is 15. The maximum Gasteiger partial charge on any atom is 0.279 e. The zero-order valence-corrected chi connectivity index (χ0v) is 71.0. The van der Waals surface area contributed by atoms with Crippen molar-refractivity contribution in [2.45, 2.75) is 45.3 Å². The molecule has 9 aromatic heterocycles. The van der Waals surface area contributed by atoms with E-state index >= 15 is 0 Å². The van der Waals surface area contributed by atoms with Crippen molar-refractivity contribution in [2.75, 3.05) is 206 Å². The van der Waals surface area contributed by atoms with Gasteiger partial charge in [0.1, 0.15) is 59.6 Å². The van der Waals surface area contributed by atoms with E-state index in [0.29, 0.717) is 148 Å². The number of nitrogens with zero attached hydrogens (tertiary/aromatic N) is 24. The van der Waals surface area contributed by atoms with Crippen molar-refractivity contribution in [1.29, 1.82) is 0 Å². The predicted octanol–water partition coefficient (Wildman–Crippen LogP) is 6.22. The quantitative estimate of drug-likeness (QED) is 0.114. The van der Waals surface area contributed by atoms with Gasteiger partial charge in [-0.25, -0.2) is 58.0 Å². The Morgan fingerprint density at radius 2 is 0.780 bits per heavy atom. The van der Waals surface area contributed by atoms with E-state index in [9.17, 15) is 24.0 Å². The van der Waals surface area contributed by atoms with Crippen LogP contribution in [0.15, 0.2) is 136 Å². The number of piperazine rings is 3. The van der Waals surface area contributed by atoms with Gasteiger partial charge in [-0.1, -0.05) is 36.2 Å². The number of carbonyl (C=O) groups is 2. The molecule has 38 heteroatoms. The molecule has 21 rings (SSSR count). The number of anilines is 12. The molecule has 0 spiro atoms. The van der Waals surface area contributed by atoms with Gasteiger partial charge in [0.05, 0.1) is 32.7 Å². The van der Waals surface area contributed by atoms with E-state index in [2.05, 4.69) is 135 Å². The Hall–Kier alpha value is -15.2. The molecule has 12 aromatic rings. The Labute approximate surface area is 728 Å². The first-order chi connectivity index (χ1) is 62.0. The van der Waals surface area contributed by atoms with Crippen molar-refractivity contribution in [1.82, 2.24) is 87.6 Å². The lowest BCUT2D eigenvalue weighted by atomic mass is 10.2. The van der Waals surface area contributed by atoms with Crippen LogP contribution < -0.4 is 90.4 Å². The van der Waals surface area contributed by atoms with Gasteiger partial charge < -0.3 is 78.7 Å². The fraction of sp³-hybridized carbons (Fsp3) is 0.348. The minimum Gasteiger partial charge on any atom is -0.497 e. The van der Waals surface area contributed by atoms with Crippen molar-refractivity contribution in [3.05, 3.63) is 153 Å². The number of nitrogens with one attached hydrogen (secondary N) is 3. The molecule has 3 N–H and O–H groups in total. The molecular weight excluding hydrogens is 1620 g/mol. The molecule has 9 aliphatic heterocycles. The van der Waals surface area contributed by atoms with Gasteiger partial charge in [0.25, 0.3) is 28.5 Å². The Morgan fingerprint density at radius 1 is 0.386 bits per heavy atom. The summed E-state index contributed by atoms with van der Waals surface area (Å²) >= 11 is 0. The van der Waals surface area contributed by atoms with Crippen LogP contribution in [0.1, 0.15) is 25.7 Å². The fourth-order valence-corrected chi connectivity index (χ4v) is 16.6. The SMILES string of the molecule is C=C1COc2ccc3nc2N1CCCC#CCn1c(=O)c2cnc(Nc4ccc(OC)c(N5CCN(C)CC5)c4)nc2n1-3.COc1cc(Nc2ncc3c(=O)n4n(c3n2)-c2ccc3c(n2)N(CCC#CC4)C(=O)CO3)cc(N2CCN(C)CC2)c1.COc1ccc(Nc2ncc3c(=O)n4n(c3n2)-c2ccc3c(n2)N(CCC#CC4)C(=O)CO3)cc1N1CCN(C)CC1. The van der Waals surface area contributed by atoms with Crippen molar-refractivity contribution in [3.8, 4) is 87.5 Å². The van der Waals surface area contributed by atoms with Crippen LogP contribution in [0.5, 0.6) is 34.5 Å². The van der Waals surface area contributed by atoms with E-state index < -0.39 is 0 Å². The van der Waals surface area contributed by atoms with E-state index in [4.69, 9.17) is 58.3 Å². The summed E-state index contributed by atoms with van der Waals surface area (Å²) in [5.74, 6) is 26.1.